The van der Waals surface area contributed by atoms with Gasteiger partial charge in [-0.05, 0) is 38.5 Å². The highest BCUT2D eigenvalue weighted by molar-refractivity contribution is 9.10. The number of aliphatic imine (C=N–C) groups is 1. The number of nitrogens with zero attached hydrogens (tertiary/aromatic N) is 1. The molecular weight excluding hydrogens is 457 g/mol. The average molecular weight is 482 g/mol. The van der Waals surface area contributed by atoms with Gasteiger partial charge in [-0.25, -0.2) is 9.18 Å². The molecule has 3 aromatic carbocycles. The molecule has 3 aromatic rings. The number of hydrogen-bond donors (Lipinski definition) is 0. The topological polar surface area (TPSA) is 38.7 Å². The second-order valence-electron chi connectivity index (χ2n) is 8.20. The number of halogens is 2. The van der Waals surface area contributed by atoms with Crippen molar-refractivity contribution in [2.24, 2.45) is 4.99 Å². The Morgan fingerprint density at radius 1 is 0.968 bits per heavy atom. The number of carbonyl (C=O) groups excluding carboxylic acids is 1. The van der Waals surface area contributed by atoms with Crippen molar-refractivity contribution in [1.29, 1.82) is 0 Å². The van der Waals surface area contributed by atoms with Gasteiger partial charge in [0.25, 0.3) is 0 Å². The summed E-state index contributed by atoms with van der Waals surface area (Å²) in [6.07, 6.45) is 0.0944. The van der Waals surface area contributed by atoms with E-state index < -0.39 is 17.6 Å². The fraction of sp³-hybridized carbons (Fsp3) is 0.231. The third kappa shape index (κ3) is 6.59. The molecule has 5 heteroatoms. The summed E-state index contributed by atoms with van der Waals surface area (Å²) in [5.41, 5.74) is 2.14. The molecule has 3 nitrogen and oxygen atoms in total. The normalized spacial score (nSPS) is 12.2. The molecule has 0 radical (unpaired) electrons. The van der Waals surface area contributed by atoms with E-state index in [1.165, 1.54) is 6.07 Å². The maximum Gasteiger partial charge on any atom is 0.331 e. The van der Waals surface area contributed by atoms with Gasteiger partial charge >= 0.3 is 5.97 Å². The molecular formula is C26H25BrFNO2. The summed E-state index contributed by atoms with van der Waals surface area (Å²) in [4.78, 5) is 17.9. The Kier molecular flexibility index (Phi) is 7.39. The van der Waals surface area contributed by atoms with E-state index >= 15 is 0 Å². The van der Waals surface area contributed by atoms with Crippen molar-refractivity contribution < 1.29 is 13.9 Å². The number of carbonyl (C=O) groups is 1. The van der Waals surface area contributed by atoms with Crippen molar-refractivity contribution in [3.05, 3.63) is 106 Å². The van der Waals surface area contributed by atoms with Crippen LogP contribution in [0.4, 0.5) is 4.39 Å². The minimum Gasteiger partial charge on any atom is -0.458 e. The summed E-state index contributed by atoms with van der Waals surface area (Å²) in [5.74, 6) is -0.877. The molecule has 0 N–H and O–H groups in total. The largest absolute Gasteiger partial charge is 0.458 e. The van der Waals surface area contributed by atoms with E-state index in [1.54, 1.807) is 32.9 Å². The van der Waals surface area contributed by atoms with E-state index in [0.717, 1.165) is 11.1 Å². The summed E-state index contributed by atoms with van der Waals surface area (Å²) in [6.45, 7) is 5.42. The maximum absolute atomic E-state index is 14.6. The molecule has 1 atom stereocenters. The molecule has 0 saturated carbocycles. The van der Waals surface area contributed by atoms with Crippen LogP contribution in [-0.2, 0) is 16.0 Å². The van der Waals surface area contributed by atoms with Gasteiger partial charge in [0.1, 0.15) is 11.4 Å². The molecule has 0 spiro atoms. The molecule has 160 valence electrons. The van der Waals surface area contributed by atoms with E-state index in [9.17, 15) is 9.18 Å². The molecule has 0 aliphatic heterocycles. The standard InChI is InChI=1S/C26H25BrFNO2/c1-26(2,3)31-25(30)23(16-20-14-15-21(27)17-22(20)28)29-24(18-10-6-4-7-11-18)19-12-8-5-9-13-19/h4-15,17,23H,16H2,1-3H3/t23-/m0/s1. The van der Waals surface area contributed by atoms with Gasteiger partial charge in [-0.1, -0.05) is 82.7 Å². The number of esters is 1. The van der Waals surface area contributed by atoms with Crippen LogP contribution in [0.25, 0.3) is 0 Å². The Morgan fingerprint density at radius 3 is 2.00 bits per heavy atom. The van der Waals surface area contributed by atoms with E-state index in [1.807, 2.05) is 60.7 Å². The van der Waals surface area contributed by atoms with Crippen molar-refractivity contribution >= 4 is 27.6 Å². The second kappa shape index (κ2) is 10.0. The first-order valence-electron chi connectivity index (χ1n) is 10.1. The van der Waals surface area contributed by atoms with Crippen molar-refractivity contribution in [3.63, 3.8) is 0 Å². The van der Waals surface area contributed by atoms with Gasteiger partial charge in [-0.15, -0.1) is 0 Å². The first-order valence-corrected chi connectivity index (χ1v) is 10.9. The molecule has 0 unspecified atom stereocenters. The number of benzene rings is 3. The van der Waals surface area contributed by atoms with Gasteiger partial charge in [0.2, 0.25) is 0 Å². The molecule has 0 saturated heterocycles. The van der Waals surface area contributed by atoms with Crippen LogP contribution in [0, 0.1) is 5.82 Å². The molecule has 0 bridgehead atoms. The van der Waals surface area contributed by atoms with Crippen molar-refractivity contribution in [2.75, 3.05) is 0 Å². The molecule has 0 aromatic heterocycles. The third-order valence-electron chi connectivity index (χ3n) is 4.49. The summed E-state index contributed by atoms with van der Waals surface area (Å²) >= 11 is 3.27. The first-order chi connectivity index (χ1) is 14.7. The summed E-state index contributed by atoms with van der Waals surface area (Å²) in [7, 11) is 0. The molecule has 31 heavy (non-hydrogen) atoms. The second-order valence-corrected chi connectivity index (χ2v) is 9.11. The Labute approximate surface area is 191 Å². The molecule has 3 rings (SSSR count). The van der Waals surface area contributed by atoms with Crippen LogP contribution >= 0.6 is 15.9 Å². The van der Waals surface area contributed by atoms with Crippen molar-refractivity contribution in [1.82, 2.24) is 0 Å². The molecule has 0 aliphatic rings. The van der Waals surface area contributed by atoms with Crippen LogP contribution in [0.15, 0.2) is 88.3 Å². The van der Waals surface area contributed by atoms with E-state index in [-0.39, 0.29) is 12.2 Å². The van der Waals surface area contributed by atoms with Gasteiger partial charge in [-0.3, -0.25) is 4.99 Å². The van der Waals surface area contributed by atoms with Gasteiger partial charge in [0, 0.05) is 22.0 Å². The van der Waals surface area contributed by atoms with Crippen molar-refractivity contribution in [2.45, 2.75) is 38.8 Å². The number of ether oxygens (including phenoxy) is 1. The summed E-state index contributed by atoms with van der Waals surface area (Å²) in [5, 5.41) is 0. The van der Waals surface area contributed by atoms with E-state index in [4.69, 9.17) is 9.73 Å². The lowest BCUT2D eigenvalue weighted by Gasteiger charge is -2.23. The molecule has 0 fully saturated rings. The smallest absolute Gasteiger partial charge is 0.331 e. The predicted molar refractivity (Wildman–Crippen MR) is 126 cm³/mol. The quantitative estimate of drug-likeness (QED) is 0.302. The van der Waals surface area contributed by atoms with Crippen LogP contribution in [0.5, 0.6) is 0 Å². The predicted octanol–water partition coefficient (Wildman–Crippen LogP) is 6.38. The zero-order valence-electron chi connectivity index (χ0n) is 17.8. The number of rotatable bonds is 6. The first kappa shape index (κ1) is 22.9. The Hall–Kier alpha value is -2.79. The van der Waals surface area contributed by atoms with Gasteiger partial charge in [-0.2, -0.15) is 0 Å². The lowest BCUT2D eigenvalue weighted by Crippen LogP contribution is -2.33. The maximum atomic E-state index is 14.6. The highest BCUT2D eigenvalue weighted by atomic mass is 79.9. The molecule has 0 amide bonds. The summed E-state index contributed by atoms with van der Waals surface area (Å²) < 4.78 is 20.8. The minimum atomic E-state index is -0.898. The van der Waals surface area contributed by atoms with Gasteiger partial charge in [0.05, 0.1) is 5.71 Å². The fourth-order valence-corrected chi connectivity index (χ4v) is 3.44. The monoisotopic (exact) mass is 481 g/mol. The van der Waals surface area contributed by atoms with Gasteiger partial charge in [0.15, 0.2) is 6.04 Å². The average Bonchev–Trinajstić information content (AvgIpc) is 2.72. The van der Waals surface area contributed by atoms with Gasteiger partial charge < -0.3 is 4.74 Å². The van der Waals surface area contributed by atoms with E-state index in [2.05, 4.69) is 15.9 Å². The van der Waals surface area contributed by atoms with Crippen LogP contribution in [0.3, 0.4) is 0 Å². The van der Waals surface area contributed by atoms with Crippen LogP contribution in [-0.4, -0.2) is 23.3 Å². The summed E-state index contributed by atoms with van der Waals surface area (Å²) in [6, 6.07) is 23.2. The molecule has 0 aliphatic carbocycles. The van der Waals surface area contributed by atoms with Crippen LogP contribution in [0.2, 0.25) is 0 Å². The zero-order valence-corrected chi connectivity index (χ0v) is 19.4. The zero-order chi connectivity index (χ0) is 22.4. The van der Waals surface area contributed by atoms with Crippen LogP contribution < -0.4 is 0 Å². The van der Waals surface area contributed by atoms with Crippen molar-refractivity contribution in [3.8, 4) is 0 Å². The lowest BCUT2D eigenvalue weighted by molar-refractivity contribution is -0.156. The molecule has 0 heterocycles. The third-order valence-corrected chi connectivity index (χ3v) is 4.98. The van der Waals surface area contributed by atoms with Crippen LogP contribution in [0.1, 0.15) is 37.5 Å². The SMILES string of the molecule is CC(C)(C)OC(=O)[C@H](Cc1ccc(Br)cc1F)N=C(c1ccccc1)c1ccccc1. The number of hydrogen-bond acceptors (Lipinski definition) is 3. The highest BCUT2D eigenvalue weighted by Crippen LogP contribution is 2.21. The highest BCUT2D eigenvalue weighted by Gasteiger charge is 2.27. The Bertz CT molecular complexity index is 1020. The van der Waals surface area contributed by atoms with E-state index in [0.29, 0.717) is 15.7 Å². The lowest BCUT2D eigenvalue weighted by atomic mass is 10.0. The minimum absolute atomic E-state index is 0.0944. The Balaban J connectivity index is 2.08. The fourth-order valence-electron chi connectivity index (χ4n) is 3.11. The Morgan fingerprint density at radius 2 is 1.52 bits per heavy atom.